The molecule has 1 aliphatic heterocycles. The fourth-order valence-corrected chi connectivity index (χ4v) is 5.23. The Morgan fingerprint density at radius 2 is 2.12 bits per heavy atom. The van der Waals surface area contributed by atoms with E-state index in [2.05, 4.69) is 10.3 Å². The van der Waals surface area contributed by atoms with E-state index in [4.69, 9.17) is 12.2 Å². The molecule has 9 heteroatoms. The second-order valence-electron chi connectivity index (χ2n) is 5.32. The molecule has 2 amide bonds. The first kappa shape index (κ1) is 17.3. The Morgan fingerprint density at radius 3 is 2.88 bits per heavy atom. The van der Waals surface area contributed by atoms with Crippen molar-refractivity contribution in [2.75, 3.05) is 11.9 Å². The number of para-hydroxylation sites is 1. The number of carbonyl (C=O) groups is 2. The summed E-state index contributed by atoms with van der Waals surface area (Å²) in [6.45, 7) is -0.123. The standard InChI is InChI=1S/C17H11N3O2S4/c21-14(19-16-18-11-5-1-2-6-12(11)25-16)9-20-15(22)13(26-17(20)23)8-10-4-3-7-24-10/h1-8H,9H2,(H,18,19,21). The van der Waals surface area contributed by atoms with E-state index in [1.54, 1.807) is 17.4 Å². The average molecular weight is 418 g/mol. The SMILES string of the molecule is O=C(CN1C(=O)C(=Cc2cccs2)SC1=S)Nc1nc2ccccc2s1. The van der Waals surface area contributed by atoms with Crippen LogP contribution in [0.15, 0.2) is 46.7 Å². The molecule has 1 aromatic carbocycles. The molecule has 0 spiro atoms. The number of fused-ring (bicyclic) bond motifs is 1. The van der Waals surface area contributed by atoms with Gasteiger partial charge in [0.1, 0.15) is 10.9 Å². The van der Waals surface area contributed by atoms with Gasteiger partial charge in [-0.1, -0.05) is 53.5 Å². The number of rotatable bonds is 4. The Hall–Kier alpha value is -2.07. The van der Waals surface area contributed by atoms with Crippen LogP contribution in [-0.4, -0.2) is 32.6 Å². The molecule has 5 nitrogen and oxygen atoms in total. The molecule has 4 rings (SSSR count). The summed E-state index contributed by atoms with van der Waals surface area (Å²) in [6.07, 6.45) is 1.80. The highest BCUT2D eigenvalue weighted by molar-refractivity contribution is 8.26. The summed E-state index contributed by atoms with van der Waals surface area (Å²) in [5.41, 5.74) is 0.831. The molecule has 2 aromatic heterocycles. The second-order valence-corrected chi connectivity index (χ2v) is 9.00. The fourth-order valence-electron chi connectivity index (χ4n) is 2.37. The lowest BCUT2D eigenvalue weighted by atomic mass is 10.3. The highest BCUT2D eigenvalue weighted by atomic mass is 32.2. The number of aromatic nitrogens is 1. The number of anilines is 1. The van der Waals surface area contributed by atoms with Crippen LogP contribution in [0, 0.1) is 0 Å². The molecule has 0 radical (unpaired) electrons. The monoisotopic (exact) mass is 417 g/mol. The fraction of sp³-hybridized carbons (Fsp3) is 0.0588. The van der Waals surface area contributed by atoms with Crippen LogP contribution in [0.4, 0.5) is 5.13 Å². The van der Waals surface area contributed by atoms with E-state index in [1.807, 2.05) is 41.8 Å². The molecule has 1 N–H and O–H groups in total. The molecule has 3 heterocycles. The van der Waals surface area contributed by atoms with Crippen LogP contribution in [0.5, 0.6) is 0 Å². The van der Waals surface area contributed by atoms with Crippen molar-refractivity contribution in [2.24, 2.45) is 0 Å². The molecule has 1 aliphatic rings. The minimum atomic E-state index is -0.322. The van der Waals surface area contributed by atoms with Crippen LogP contribution in [0.25, 0.3) is 16.3 Å². The van der Waals surface area contributed by atoms with E-state index in [-0.39, 0.29) is 18.4 Å². The maximum Gasteiger partial charge on any atom is 0.266 e. The largest absolute Gasteiger partial charge is 0.300 e. The Balaban J connectivity index is 1.45. The Kier molecular flexibility index (Phi) is 4.86. The molecule has 0 bridgehead atoms. The Bertz CT molecular complexity index is 1010. The van der Waals surface area contributed by atoms with Crippen LogP contribution in [0.1, 0.15) is 4.88 Å². The highest BCUT2D eigenvalue weighted by Gasteiger charge is 2.33. The smallest absolute Gasteiger partial charge is 0.266 e. The molecule has 130 valence electrons. The normalized spacial score (nSPS) is 16.0. The van der Waals surface area contributed by atoms with E-state index in [0.717, 1.165) is 15.1 Å². The predicted octanol–water partition coefficient (Wildman–Crippen LogP) is 4.20. The summed E-state index contributed by atoms with van der Waals surface area (Å²) in [7, 11) is 0. The number of thiazole rings is 1. The molecular weight excluding hydrogens is 406 g/mol. The number of thiophene rings is 1. The van der Waals surface area contributed by atoms with Crippen molar-refractivity contribution in [3.8, 4) is 0 Å². The van der Waals surface area contributed by atoms with Gasteiger partial charge in [0.05, 0.1) is 15.1 Å². The lowest BCUT2D eigenvalue weighted by Gasteiger charge is -2.13. The lowest BCUT2D eigenvalue weighted by Crippen LogP contribution is -2.36. The first-order chi connectivity index (χ1) is 12.6. The highest BCUT2D eigenvalue weighted by Crippen LogP contribution is 2.33. The van der Waals surface area contributed by atoms with Crippen molar-refractivity contribution in [2.45, 2.75) is 0 Å². The first-order valence-electron chi connectivity index (χ1n) is 7.54. The third kappa shape index (κ3) is 3.56. The van der Waals surface area contributed by atoms with Gasteiger partial charge in [0.15, 0.2) is 5.13 Å². The number of nitrogens with zero attached hydrogens (tertiary/aromatic N) is 2. The topological polar surface area (TPSA) is 62.3 Å². The third-order valence-electron chi connectivity index (χ3n) is 3.53. The quantitative estimate of drug-likeness (QED) is 0.509. The minimum Gasteiger partial charge on any atom is -0.300 e. The zero-order chi connectivity index (χ0) is 18.1. The number of amides is 2. The van der Waals surface area contributed by atoms with Crippen LogP contribution in [0.2, 0.25) is 0 Å². The summed E-state index contributed by atoms with van der Waals surface area (Å²) in [5.74, 6) is -0.564. The van der Waals surface area contributed by atoms with E-state index < -0.39 is 0 Å². The summed E-state index contributed by atoms with van der Waals surface area (Å²) >= 11 is 9.41. The zero-order valence-corrected chi connectivity index (χ0v) is 16.4. The maximum atomic E-state index is 12.5. The van der Waals surface area contributed by atoms with Crippen molar-refractivity contribution in [3.63, 3.8) is 0 Å². The molecular formula is C17H11N3O2S4. The molecule has 1 saturated heterocycles. The number of hydrogen-bond donors (Lipinski definition) is 1. The van der Waals surface area contributed by atoms with Crippen LogP contribution in [-0.2, 0) is 9.59 Å². The van der Waals surface area contributed by atoms with Gasteiger partial charge in [-0.25, -0.2) is 4.98 Å². The molecule has 0 saturated carbocycles. The van der Waals surface area contributed by atoms with Gasteiger partial charge >= 0.3 is 0 Å². The Labute approximate surface area is 166 Å². The number of carbonyl (C=O) groups excluding carboxylic acids is 2. The van der Waals surface area contributed by atoms with Crippen LogP contribution in [0.3, 0.4) is 0 Å². The van der Waals surface area contributed by atoms with Gasteiger partial charge in [0.2, 0.25) is 5.91 Å². The van der Waals surface area contributed by atoms with Crippen LogP contribution >= 0.6 is 46.7 Å². The Morgan fingerprint density at radius 1 is 1.27 bits per heavy atom. The molecule has 26 heavy (non-hydrogen) atoms. The maximum absolute atomic E-state index is 12.5. The summed E-state index contributed by atoms with van der Waals surface area (Å²) in [4.78, 5) is 32.1. The van der Waals surface area contributed by atoms with Gasteiger partial charge < -0.3 is 5.32 Å². The number of thioether (sulfide) groups is 1. The van der Waals surface area contributed by atoms with Crippen molar-refractivity contribution in [3.05, 3.63) is 51.6 Å². The molecule has 3 aromatic rings. The predicted molar refractivity (Wildman–Crippen MR) is 112 cm³/mol. The second kappa shape index (κ2) is 7.28. The van der Waals surface area contributed by atoms with Crippen LogP contribution < -0.4 is 5.32 Å². The van der Waals surface area contributed by atoms with Gasteiger partial charge in [-0.2, -0.15) is 0 Å². The average Bonchev–Trinajstić information content (AvgIpc) is 3.31. The van der Waals surface area contributed by atoms with E-state index in [0.29, 0.717) is 14.4 Å². The van der Waals surface area contributed by atoms with Crippen molar-refractivity contribution in [1.29, 1.82) is 0 Å². The van der Waals surface area contributed by atoms with Gasteiger partial charge in [-0.3, -0.25) is 14.5 Å². The third-order valence-corrected chi connectivity index (χ3v) is 6.68. The molecule has 0 atom stereocenters. The number of benzene rings is 1. The van der Waals surface area contributed by atoms with E-state index >= 15 is 0 Å². The number of nitrogens with one attached hydrogen (secondary N) is 1. The van der Waals surface area contributed by atoms with Gasteiger partial charge in [-0.05, 0) is 29.7 Å². The number of hydrogen-bond acceptors (Lipinski definition) is 7. The lowest BCUT2D eigenvalue weighted by molar-refractivity contribution is -0.126. The van der Waals surface area contributed by atoms with Crippen molar-refractivity contribution >= 4 is 84.2 Å². The zero-order valence-electron chi connectivity index (χ0n) is 13.2. The van der Waals surface area contributed by atoms with Crippen molar-refractivity contribution in [1.82, 2.24) is 9.88 Å². The minimum absolute atomic E-state index is 0.123. The molecule has 0 aliphatic carbocycles. The molecule has 0 unspecified atom stereocenters. The first-order valence-corrected chi connectivity index (χ1v) is 10.5. The van der Waals surface area contributed by atoms with Crippen molar-refractivity contribution < 1.29 is 9.59 Å². The van der Waals surface area contributed by atoms with E-state index in [1.165, 1.54) is 28.0 Å². The van der Waals surface area contributed by atoms with Gasteiger partial charge in [0.25, 0.3) is 5.91 Å². The van der Waals surface area contributed by atoms with E-state index in [9.17, 15) is 9.59 Å². The van der Waals surface area contributed by atoms with Gasteiger partial charge in [0, 0.05) is 4.88 Å². The molecule has 1 fully saturated rings. The number of thiocarbonyl (C=S) groups is 1. The summed E-state index contributed by atoms with van der Waals surface area (Å²) < 4.78 is 1.38. The summed E-state index contributed by atoms with van der Waals surface area (Å²) in [5, 5.41) is 5.20. The van der Waals surface area contributed by atoms with Gasteiger partial charge in [-0.15, -0.1) is 11.3 Å². The summed E-state index contributed by atoms with van der Waals surface area (Å²) in [6, 6.07) is 11.5.